The van der Waals surface area contributed by atoms with Gasteiger partial charge in [-0.2, -0.15) is 0 Å². The first-order valence-electron chi connectivity index (χ1n) is 6.98. The van der Waals surface area contributed by atoms with Crippen LogP contribution in [0, 0.1) is 5.41 Å². The zero-order chi connectivity index (χ0) is 13.9. The minimum absolute atomic E-state index is 0.00394. The molecule has 106 valence electrons. The lowest BCUT2D eigenvalue weighted by atomic mass is 9.83. The maximum atomic E-state index is 13.0. The van der Waals surface area contributed by atoms with E-state index in [1.165, 1.54) is 31.7 Å². The third-order valence-corrected chi connectivity index (χ3v) is 4.38. The summed E-state index contributed by atoms with van der Waals surface area (Å²) in [5, 5.41) is 3.22. The van der Waals surface area contributed by atoms with Crippen molar-refractivity contribution in [2.75, 3.05) is 17.6 Å². The van der Waals surface area contributed by atoms with E-state index in [0.29, 0.717) is 11.4 Å². The Kier molecular flexibility index (Phi) is 4.27. The van der Waals surface area contributed by atoms with Gasteiger partial charge in [-0.15, -0.1) is 0 Å². The zero-order valence-electron chi connectivity index (χ0n) is 11.4. The minimum Gasteiger partial charge on any atom is -0.399 e. The lowest BCUT2D eigenvalue weighted by Crippen LogP contribution is -2.26. The zero-order valence-corrected chi connectivity index (χ0v) is 11.4. The van der Waals surface area contributed by atoms with E-state index in [2.05, 4.69) is 12.2 Å². The second-order valence-corrected chi connectivity index (χ2v) is 5.56. The Morgan fingerprint density at radius 2 is 2.00 bits per heavy atom. The number of nitrogen functional groups attached to an aromatic ring is 1. The minimum atomic E-state index is -2.49. The van der Waals surface area contributed by atoms with Gasteiger partial charge in [0.2, 0.25) is 0 Å². The number of hydrogen-bond donors (Lipinski definition) is 2. The van der Waals surface area contributed by atoms with Crippen LogP contribution in [0.25, 0.3) is 0 Å². The van der Waals surface area contributed by atoms with Crippen molar-refractivity contribution >= 4 is 11.4 Å². The van der Waals surface area contributed by atoms with Gasteiger partial charge >= 0.3 is 0 Å². The molecule has 1 aromatic carbocycles. The molecule has 0 atom stereocenters. The first-order valence-corrected chi connectivity index (χ1v) is 6.98. The molecule has 2 rings (SSSR count). The quantitative estimate of drug-likeness (QED) is 0.766. The Balaban J connectivity index is 2.10. The summed E-state index contributed by atoms with van der Waals surface area (Å²) >= 11 is 0. The summed E-state index contributed by atoms with van der Waals surface area (Å²) in [6, 6.07) is 4.69. The maximum Gasteiger partial charge on any atom is 0.265 e. The summed E-state index contributed by atoms with van der Waals surface area (Å²) in [7, 11) is 0. The summed E-state index contributed by atoms with van der Waals surface area (Å²) in [6.45, 7) is 2.96. The largest absolute Gasteiger partial charge is 0.399 e. The van der Waals surface area contributed by atoms with Gasteiger partial charge in [-0.25, -0.2) is 8.78 Å². The van der Waals surface area contributed by atoms with Crippen molar-refractivity contribution in [3.05, 3.63) is 23.8 Å². The van der Waals surface area contributed by atoms with Crippen molar-refractivity contribution in [2.24, 2.45) is 5.41 Å². The molecule has 0 unspecified atom stereocenters. The smallest absolute Gasteiger partial charge is 0.265 e. The number of hydrogen-bond acceptors (Lipinski definition) is 2. The standard InChI is InChI=1S/C15H22F2N2/c1-2-15(7-3-4-8-15)10-19-13-6-5-11(18)9-12(13)14(16)17/h5-6,9,14,19H,2-4,7-8,10,18H2,1H3. The summed E-state index contributed by atoms with van der Waals surface area (Å²) in [6.07, 6.45) is 3.48. The fourth-order valence-electron chi connectivity index (χ4n) is 2.99. The summed E-state index contributed by atoms with van der Waals surface area (Å²) in [5.74, 6) is 0. The molecule has 0 heterocycles. The molecule has 0 amide bonds. The molecule has 0 saturated heterocycles. The van der Waals surface area contributed by atoms with Gasteiger partial charge in [-0.05, 0) is 42.9 Å². The predicted octanol–water partition coefficient (Wildman–Crippen LogP) is 4.59. The molecule has 1 aliphatic rings. The Labute approximate surface area is 113 Å². The van der Waals surface area contributed by atoms with Crippen molar-refractivity contribution in [3.63, 3.8) is 0 Å². The van der Waals surface area contributed by atoms with E-state index < -0.39 is 6.43 Å². The second kappa shape index (κ2) is 5.76. The monoisotopic (exact) mass is 268 g/mol. The molecule has 2 nitrogen and oxygen atoms in total. The van der Waals surface area contributed by atoms with Gasteiger partial charge in [0.15, 0.2) is 0 Å². The van der Waals surface area contributed by atoms with Gasteiger partial charge in [0.05, 0.1) is 0 Å². The highest BCUT2D eigenvalue weighted by Crippen LogP contribution is 2.41. The third kappa shape index (κ3) is 3.17. The molecule has 0 spiro atoms. The predicted molar refractivity (Wildman–Crippen MR) is 75.5 cm³/mol. The lowest BCUT2D eigenvalue weighted by molar-refractivity contribution is 0.152. The van der Waals surface area contributed by atoms with Crippen LogP contribution >= 0.6 is 0 Å². The molecule has 1 saturated carbocycles. The Morgan fingerprint density at radius 3 is 2.58 bits per heavy atom. The first-order chi connectivity index (χ1) is 9.06. The summed E-state index contributed by atoms with van der Waals surface area (Å²) < 4.78 is 26.0. The fourth-order valence-corrected chi connectivity index (χ4v) is 2.99. The first kappa shape index (κ1) is 14.1. The van der Waals surface area contributed by atoms with E-state index in [1.54, 1.807) is 12.1 Å². The molecule has 1 aromatic rings. The number of nitrogens with two attached hydrogens (primary N) is 1. The van der Waals surface area contributed by atoms with E-state index >= 15 is 0 Å². The molecule has 1 aliphatic carbocycles. The van der Waals surface area contributed by atoms with Crippen molar-refractivity contribution in [3.8, 4) is 0 Å². The highest BCUT2D eigenvalue weighted by molar-refractivity contribution is 5.58. The molecule has 0 bridgehead atoms. The van der Waals surface area contributed by atoms with Crippen LogP contribution in [0.15, 0.2) is 18.2 Å². The van der Waals surface area contributed by atoms with E-state index in [9.17, 15) is 8.78 Å². The molecule has 19 heavy (non-hydrogen) atoms. The Morgan fingerprint density at radius 1 is 1.32 bits per heavy atom. The van der Waals surface area contributed by atoms with Crippen LogP contribution in [0.5, 0.6) is 0 Å². The van der Waals surface area contributed by atoms with Crippen molar-refractivity contribution in [1.29, 1.82) is 0 Å². The molecule has 0 aliphatic heterocycles. The van der Waals surface area contributed by atoms with Crippen LogP contribution in [-0.2, 0) is 0 Å². The summed E-state index contributed by atoms with van der Waals surface area (Å²) in [5.41, 5.74) is 6.76. The van der Waals surface area contributed by atoms with Gasteiger partial charge in [-0.3, -0.25) is 0 Å². The SMILES string of the molecule is CCC1(CNc2ccc(N)cc2C(F)F)CCCC1. The normalized spacial score (nSPS) is 17.9. The van der Waals surface area contributed by atoms with Crippen LogP contribution < -0.4 is 11.1 Å². The number of anilines is 2. The number of nitrogens with one attached hydrogen (secondary N) is 1. The molecule has 0 aromatic heterocycles. The molecular formula is C15H22F2N2. The van der Waals surface area contributed by atoms with Crippen LogP contribution in [0.1, 0.15) is 51.0 Å². The summed E-state index contributed by atoms with van der Waals surface area (Å²) in [4.78, 5) is 0. The van der Waals surface area contributed by atoms with Gasteiger partial charge in [0, 0.05) is 23.5 Å². The number of benzene rings is 1. The number of alkyl halides is 2. The van der Waals surface area contributed by atoms with Crippen molar-refractivity contribution in [2.45, 2.75) is 45.5 Å². The van der Waals surface area contributed by atoms with Crippen LogP contribution in [-0.4, -0.2) is 6.54 Å². The molecule has 3 N–H and O–H groups in total. The topological polar surface area (TPSA) is 38.0 Å². The van der Waals surface area contributed by atoms with E-state index in [0.717, 1.165) is 13.0 Å². The van der Waals surface area contributed by atoms with Gasteiger partial charge in [-0.1, -0.05) is 19.8 Å². The Hall–Kier alpha value is -1.32. The molecular weight excluding hydrogens is 246 g/mol. The van der Waals surface area contributed by atoms with E-state index in [4.69, 9.17) is 5.73 Å². The van der Waals surface area contributed by atoms with Crippen molar-refractivity contribution < 1.29 is 8.78 Å². The maximum absolute atomic E-state index is 13.0. The van der Waals surface area contributed by atoms with E-state index in [-0.39, 0.29) is 11.0 Å². The highest BCUT2D eigenvalue weighted by atomic mass is 19.3. The average molecular weight is 268 g/mol. The molecule has 0 radical (unpaired) electrons. The van der Waals surface area contributed by atoms with Gasteiger partial charge in [0.25, 0.3) is 6.43 Å². The number of rotatable bonds is 5. The molecule has 4 heteroatoms. The highest BCUT2D eigenvalue weighted by Gasteiger charge is 2.31. The van der Waals surface area contributed by atoms with Crippen molar-refractivity contribution in [1.82, 2.24) is 0 Å². The van der Waals surface area contributed by atoms with Gasteiger partial charge < -0.3 is 11.1 Å². The average Bonchev–Trinajstić information content (AvgIpc) is 2.86. The second-order valence-electron chi connectivity index (χ2n) is 5.56. The van der Waals surface area contributed by atoms with E-state index in [1.807, 2.05) is 0 Å². The number of halogens is 2. The van der Waals surface area contributed by atoms with Crippen LogP contribution in [0.4, 0.5) is 20.2 Å². The molecule has 1 fully saturated rings. The third-order valence-electron chi connectivity index (χ3n) is 4.38. The van der Waals surface area contributed by atoms with Crippen LogP contribution in [0.3, 0.4) is 0 Å². The lowest BCUT2D eigenvalue weighted by Gasteiger charge is -2.28. The Bertz CT molecular complexity index is 426. The van der Waals surface area contributed by atoms with Crippen LogP contribution in [0.2, 0.25) is 0 Å². The van der Waals surface area contributed by atoms with Gasteiger partial charge in [0.1, 0.15) is 0 Å². The fraction of sp³-hybridized carbons (Fsp3) is 0.600.